The first kappa shape index (κ1) is 7.32. The maximum Gasteiger partial charge on any atom is 0.143 e. The van der Waals surface area contributed by atoms with Crippen molar-refractivity contribution in [3.63, 3.8) is 0 Å². The lowest BCUT2D eigenvalue weighted by Crippen LogP contribution is -2.14. The van der Waals surface area contributed by atoms with Gasteiger partial charge in [-0.3, -0.25) is 0 Å². The smallest absolute Gasteiger partial charge is 0.143 e. The van der Waals surface area contributed by atoms with Gasteiger partial charge in [0.05, 0.1) is 6.61 Å². The normalized spacial score (nSPS) is 40.3. The molecule has 0 saturated heterocycles. The van der Waals surface area contributed by atoms with Crippen LogP contribution in [0.2, 0.25) is 0 Å². The summed E-state index contributed by atoms with van der Waals surface area (Å²) in [7, 11) is 0. The zero-order valence-electron chi connectivity index (χ0n) is 6.57. The van der Waals surface area contributed by atoms with Crippen molar-refractivity contribution in [2.24, 2.45) is 17.8 Å². The molecule has 11 heavy (non-hydrogen) atoms. The molecule has 0 spiro atoms. The molecule has 2 heteroatoms. The van der Waals surface area contributed by atoms with Gasteiger partial charge in [0, 0.05) is 0 Å². The highest BCUT2D eigenvalue weighted by Crippen LogP contribution is 2.43. The van der Waals surface area contributed by atoms with E-state index in [1.807, 2.05) is 0 Å². The number of aliphatic hydroxyl groups excluding tert-OH is 1. The van der Waals surface area contributed by atoms with Gasteiger partial charge in [-0.15, -0.1) is 0 Å². The number of ether oxygens (including phenoxy) is 1. The summed E-state index contributed by atoms with van der Waals surface area (Å²) in [4.78, 5) is 0. The summed E-state index contributed by atoms with van der Waals surface area (Å²) in [5.41, 5.74) is 0. The highest BCUT2D eigenvalue weighted by molar-refractivity contribution is 5.09. The van der Waals surface area contributed by atoms with E-state index >= 15 is 0 Å². The van der Waals surface area contributed by atoms with Crippen LogP contribution < -0.4 is 0 Å². The molecule has 62 valence electrons. The van der Waals surface area contributed by atoms with E-state index in [-0.39, 0.29) is 6.79 Å². The Hall–Kier alpha value is -0.340. The summed E-state index contributed by atoms with van der Waals surface area (Å²) in [5, 5.41) is 8.46. The summed E-state index contributed by atoms with van der Waals surface area (Å²) < 4.78 is 4.99. The monoisotopic (exact) mass is 154 g/mol. The quantitative estimate of drug-likeness (QED) is 0.488. The van der Waals surface area contributed by atoms with Crippen LogP contribution in [0.1, 0.15) is 12.8 Å². The maximum atomic E-state index is 8.46. The Kier molecular flexibility index (Phi) is 1.96. The molecule has 0 aromatic heterocycles. The molecule has 3 unspecified atom stereocenters. The van der Waals surface area contributed by atoms with Crippen molar-refractivity contribution in [1.29, 1.82) is 0 Å². The lowest BCUT2D eigenvalue weighted by atomic mass is 9.95. The van der Waals surface area contributed by atoms with Crippen LogP contribution >= 0.6 is 0 Å². The lowest BCUT2D eigenvalue weighted by Gasteiger charge is -2.16. The van der Waals surface area contributed by atoms with Crippen LogP contribution in [0.25, 0.3) is 0 Å². The topological polar surface area (TPSA) is 29.5 Å². The van der Waals surface area contributed by atoms with Crippen molar-refractivity contribution in [1.82, 2.24) is 0 Å². The minimum absolute atomic E-state index is 0.127. The predicted molar refractivity (Wildman–Crippen MR) is 41.9 cm³/mol. The van der Waals surface area contributed by atoms with E-state index in [2.05, 4.69) is 12.2 Å². The van der Waals surface area contributed by atoms with Gasteiger partial charge in [0.2, 0.25) is 0 Å². The summed E-state index contributed by atoms with van der Waals surface area (Å²) in [6.45, 7) is 0.611. The summed E-state index contributed by atoms with van der Waals surface area (Å²) >= 11 is 0. The Morgan fingerprint density at radius 3 is 2.82 bits per heavy atom. The van der Waals surface area contributed by atoms with Gasteiger partial charge in [0.15, 0.2) is 0 Å². The van der Waals surface area contributed by atoms with Crippen LogP contribution in [0.5, 0.6) is 0 Å². The zero-order chi connectivity index (χ0) is 7.68. The van der Waals surface area contributed by atoms with E-state index in [0.717, 1.165) is 18.4 Å². The first-order chi connectivity index (χ1) is 5.40. The molecule has 0 radical (unpaired) electrons. The third kappa shape index (κ3) is 1.33. The average Bonchev–Trinajstić information content (AvgIpc) is 2.60. The second kappa shape index (κ2) is 2.95. The Bertz CT molecular complexity index is 165. The predicted octanol–water partition coefficient (Wildman–Crippen LogP) is 1.17. The van der Waals surface area contributed by atoms with Gasteiger partial charge in [-0.2, -0.15) is 0 Å². The molecule has 0 heterocycles. The molecule has 2 aliphatic carbocycles. The molecule has 0 aromatic carbocycles. The summed E-state index contributed by atoms with van der Waals surface area (Å²) in [6.07, 6.45) is 7.21. The third-order valence-corrected chi connectivity index (χ3v) is 2.84. The molecule has 2 nitrogen and oxygen atoms in total. The Balaban J connectivity index is 1.84. The van der Waals surface area contributed by atoms with E-state index in [9.17, 15) is 0 Å². The van der Waals surface area contributed by atoms with Crippen LogP contribution in [-0.4, -0.2) is 18.5 Å². The maximum absolute atomic E-state index is 8.46. The van der Waals surface area contributed by atoms with E-state index in [1.54, 1.807) is 0 Å². The number of rotatable bonds is 3. The molecular weight excluding hydrogens is 140 g/mol. The highest BCUT2D eigenvalue weighted by atomic mass is 16.6. The van der Waals surface area contributed by atoms with Gasteiger partial charge < -0.3 is 9.84 Å². The standard InChI is InChI=1S/C9H14O2/c10-6-11-5-9-4-7-1-2-8(9)3-7/h1-2,7-10H,3-6H2. The van der Waals surface area contributed by atoms with Crippen molar-refractivity contribution in [3.05, 3.63) is 12.2 Å². The van der Waals surface area contributed by atoms with Crippen LogP contribution in [0.3, 0.4) is 0 Å². The third-order valence-electron chi connectivity index (χ3n) is 2.84. The van der Waals surface area contributed by atoms with Crippen molar-refractivity contribution in [2.45, 2.75) is 12.8 Å². The fraction of sp³-hybridized carbons (Fsp3) is 0.778. The molecule has 0 aromatic rings. The van der Waals surface area contributed by atoms with E-state index in [1.165, 1.54) is 12.8 Å². The molecule has 3 atom stereocenters. The number of hydrogen-bond donors (Lipinski definition) is 1. The molecule has 1 saturated carbocycles. The largest absolute Gasteiger partial charge is 0.371 e. The fourth-order valence-corrected chi connectivity index (χ4v) is 2.29. The molecule has 2 aliphatic rings. The summed E-state index contributed by atoms with van der Waals surface area (Å²) in [5.74, 6) is 2.23. The Morgan fingerprint density at radius 1 is 1.36 bits per heavy atom. The van der Waals surface area contributed by atoms with Gasteiger partial charge in [-0.05, 0) is 30.6 Å². The molecule has 1 fully saturated rings. The van der Waals surface area contributed by atoms with E-state index < -0.39 is 0 Å². The van der Waals surface area contributed by atoms with Crippen LogP contribution in [0, 0.1) is 17.8 Å². The first-order valence-corrected chi connectivity index (χ1v) is 4.27. The molecule has 2 bridgehead atoms. The first-order valence-electron chi connectivity index (χ1n) is 4.27. The fourth-order valence-electron chi connectivity index (χ4n) is 2.29. The molecule has 0 aliphatic heterocycles. The van der Waals surface area contributed by atoms with Crippen molar-refractivity contribution < 1.29 is 9.84 Å². The minimum atomic E-state index is -0.127. The molecule has 1 N–H and O–H groups in total. The molecule has 0 amide bonds. The van der Waals surface area contributed by atoms with E-state index in [0.29, 0.717) is 5.92 Å². The molecule has 2 rings (SSSR count). The van der Waals surface area contributed by atoms with Gasteiger partial charge in [0.25, 0.3) is 0 Å². The molecular formula is C9H14O2. The number of fused-ring (bicyclic) bond motifs is 2. The van der Waals surface area contributed by atoms with Gasteiger partial charge in [0.1, 0.15) is 6.79 Å². The van der Waals surface area contributed by atoms with Crippen LogP contribution in [0.15, 0.2) is 12.2 Å². The van der Waals surface area contributed by atoms with Crippen LogP contribution in [0.4, 0.5) is 0 Å². The number of hydrogen-bond acceptors (Lipinski definition) is 2. The zero-order valence-corrected chi connectivity index (χ0v) is 6.57. The van der Waals surface area contributed by atoms with Crippen LogP contribution in [-0.2, 0) is 4.74 Å². The number of allylic oxidation sites excluding steroid dienone is 2. The van der Waals surface area contributed by atoms with Crippen molar-refractivity contribution in [2.75, 3.05) is 13.4 Å². The summed E-state index contributed by atoms with van der Waals surface area (Å²) in [6, 6.07) is 0. The SMILES string of the molecule is OCOCC1CC2C=CC1C2. The van der Waals surface area contributed by atoms with Crippen molar-refractivity contribution in [3.8, 4) is 0 Å². The van der Waals surface area contributed by atoms with E-state index in [4.69, 9.17) is 9.84 Å². The average molecular weight is 154 g/mol. The second-order valence-electron chi connectivity index (χ2n) is 3.54. The second-order valence-corrected chi connectivity index (χ2v) is 3.54. The number of aliphatic hydroxyl groups is 1. The van der Waals surface area contributed by atoms with Crippen molar-refractivity contribution >= 4 is 0 Å². The van der Waals surface area contributed by atoms with Gasteiger partial charge in [-0.1, -0.05) is 12.2 Å². The Morgan fingerprint density at radius 2 is 2.27 bits per heavy atom. The Labute approximate surface area is 66.9 Å². The van der Waals surface area contributed by atoms with Gasteiger partial charge in [-0.25, -0.2) is 0 Å². The highest BCUT2D eigenvalue weighted by Gasteiger charge is 2.35. The minimum Gasteiger partial charge on any atom is -0.371 e. The lowest BCUT2D eigenvalue weighted by molar-refractivity contribution is -0.0209. The van der Waals surface area contributed by atoms with Gasteiger partial charge >= 0.3 is 0 Å².